The Balaban J connectivity index is 2.23. The van der Waals surface area contributed by atoms with E-state index < -0.39 is 12.1 Å². The summed E-state index contributed by atoms with van der Waals surface area (Å²) in [4.78, 5) is 26.2. The van der Waals surface area contributed by atoms with E-state index in [0.29, 0.717) is 18.8 Å². The number of piperazine rings is 1. The van der Waals surface area contributed by atoms with Crippen molar-refractivity contribution in [3.05, 3.63) is 29.8 Å². The lowest BCUT2D eigenvalue weighted by Gasteiger charge is -2.32. The number of aliphatic carboxylic acids is 1. The number of carboxylic acid groups (broad SMARTS) is 1. The van der Waals surface area contributed by atoms with Crippen LogP contribution in [0.2, 0.25) is 0 Å². The minimum Gasteiger partial charge on any atom is -0.479 e. The lowest BCUT2D eigenvalue weighted by atomic mass is 10.1. The Bertz CT molecular complexity index is 503. The van der Waals surface area contributed by atoms with E-state index in [-0.39, 0.29) is 11.5 Å². The molecule has 0 aromatic heterocycles. The van der Waals surface area contributed by atoms with E-state index in [2.05, 4.69) is 0 Å². The minimum atomic E-state index is -1.57. The molecular weight excluding hydrogens is 248 g/mol. The molecule has 0 radical (unpaired) electrons. The summed E-state index contributed by atoms with van der Waals surface area (Å²) in [6.45, 7) is 1.66. The second kappa shape index (κ2) is 5.38. The molecule has 1 amide bonds. The average Bonchev–Trinajstić information content (AvgIpc) is 2.38. The van der Waals surface area contributed by atoms with Crippen molar-refractivity contribution >= 4 is 17.6 Å². The highest BCUT2D eigenvalue weighted by Crippen LogP contribution is 2.22. The lowest BCUT2D eigenvalue weighted by Crippen LogP contribution is -2.48. The van der Waals surface area contributed by atoms with Crippen molar-refractivity contribution in [1.29, 1.82) is 0 Å². The highest BCUT2D eigenvalue weighted by Gasteiger charge is 2.24. The van der Waals surface area contributed by atoms with Crippen LogP contribution in [0.4, 0.5) is 5.69 Å². The molecule has 1 aromatic rings. The van der Waals surface area contributed by atoms with Crippen LogP contribution in [-0.4, -0.2) is 53.7 Å². The maximum atomic E-state index is 11.9. The molecule has 0 bridgehead atoms. The highest BCUT2D eigenvalue weighted by atomic mass is 16.4. The van der Waals surface area contributed by atoms with Crippen molar-refractivity contribution < 1.29 is 19.8 Å². The van der Waals surface area contributed by atoms with Gasteiger partial charge in [0.15, 0.2) is 6.10 Å². The lowest BCUT2D eigenvalue weighted by molar-refractivity contribution is -0.146. The molecule has 1 aromatic carbocycles. The molecule has 1 aliphatic heterocycles. The van der Waals surface area contributed by atoms with Crippen LogP contribution in [0.3, 0.4) is 0 Å². The van der Waals surface area contributed by atoms with Gasteiger partial charge in [-0.3, -0.25) is 9.69 Å². The van der Waals surface area contributed by atoms with Crippen LogP contribution in [0, 0.1) is 0 Å². The van der Waals surface area contributed by atoms with Gasteiger partial charge < -0.3 is 15.1 Å². The number of aliphatic hydroxyl groups excluding tert-OH is 1. The van der Waals surface area contributed by atoms with Crippen molar-refractivity contribution in [1.82, 2.24) is 4.90 Å². The molecule has 0 saturated carbocycles. The van der Waals surface area contributed by atoms with Crippen molar-refractivity contribution in [2.45, 2.75) is 6.10 Å². The van der Waals surface area contributed by atoms with E-state index >= 15 is 0 Å². The summed E-state index contributed by atoms with van der Waals surface area (Å²) in [5.41, 5.74) is 0.896. The number of aliphatic hydroxyl groups is 1. The first-order chi connectivity index (χ1) is 8.99. The molecule has 2 N–H and O–H groups in total. The maximum Gasteiger partial charge on any atom is 0.337 e. The second-order valence-electron chi connectivity index (χ2n) is 4.62. The van der Waals surface area contributed by atoms with E-state index in [0.717, 1.165) is 6.54 Å². The molecule has 0 spiro atoms. The Kier molecular flexibility index (Phi) is 3.82. The fourth-order valence-corrected chi connectivity index (χ4v) is 2.07. The standard InChI is InChI=1S/C13H16N2O4/c1-14-5-6-15(11(16)8-14)10-4-2-3-9(7-10)12(17)13(18)19/h2-4,7,12,17H,5-6,8H2,1H3,(H,18,19). The Morgan fingerprint density at radius 3 is 2.74 bits per heavy atom. The van der Waals surface area contributed by atoms with Gasteiger partial charge in [0.1, 0.15) is 0 Å². The number of carbonyl (C=O) groups is 2. The third kappa shape index (κ3) is 2.91. The van der Waals surface area contributed by atoms with Gasteiger partial charge in [0.05, 0.1) is 6.54 Å². The number of rotatable bonds is 3. The number of likely N-dealkylation sites (N-methyl/N-ethyl adjacent to an activating group) is 1. The fourth-order valence-electron chi connectivity index (χ4n) is 2.07. The zero-order chi connectivity index (χ0) is 14.0. The smallest absolute Gasteiger partial charge is 0.337 e. The van der Waals surface area contributed by atoms with Gasteiger partial charge in [0.2, 0.25) is 5.91 Å². The van der Waals surface area contributed by atoms with Crippen LogP contribution in [0.5, 0.6) is 0 Å². The number of carboxylic acids is 1. The van der Waals surface area contributed by atoms with Crippen molar-refractivity contribution in [3.63, 3.8) is 0 Å². The third-order valence-corrected chi connectivity index (χ3v) is 3.14. The van der Waals surface area contributed by atoms with Gasteiger partial charge in [-0.25, -0.2) is 4.79 Å². The topological polar surface area (TPSA) is 81.1 Å². The Morgan fingerprint density at radius 1 is 1.37 bits per heavy atom. The summed E-state index contributed by atoms with van der Waals surface area (Å²) in [5.74, 6) is -1.34. The average molecular weight is 264 g/mol. The van der Waals surface area contributed by atoms with Gasteiger partial charge in [-0.1, -0.05) is 12.1 Å². The molecule has 102 valence electrons. The first kappa shape index (κ1) is 13.5. The van der Waals surface area contributed by atoms with Crippen molar-refractivity contribution in [3.8, 4) is 0 Å². The number of nitrogens with zero attached hydrogens (tertiary/aromatic N) is 2. The van der Waals surface area contributed by atoms with E-state index in [1.165, 1.54) is 6.07 Å². The maximum absolute atomic E-state index is 11.9. The van der Waals surface area contributed by atoms with Crippen molar-refractivity contribution in [2.24, 2.45) is 0 Å². The second-order valence-corrected chi connectivity index (χ2v) is 4.62. The summed E-state index contributed by atoms with van der Waals surface area (Å²) < 4.78 is 0. The minimum absolute atomic E-state index is 0.0317. The molecular formula is C13H16N2O4. The van der Waals surface area contributed by atoms with Gasteiger partial charge in [0.25, 0.3) is 0 Å². The molecule has 2 rings (SSSR count). The van der Waals surface area contributed by atoms with Gasteiger partial charge in [-0.05, 0) is 24.7 Å². The first-order valence-corrected chi connectivity index (χ1v) is 5.99. The van der Waals surface area contributed by atoms with Gasteiger partial charge in [-0.15, -0.1) is 0 Å². The first-order valence-electron chi connectivity index (χ1n) is 5.99. The summed E-state index contributed by atoms with van der Waals surface area (Å²) in [5, 5.41) is 18.3. The molecule has 1 unspecified atom stereocenters. The van der Waals surface area contributed by atoms with Crippen LogP contribution in [-0.2, 0) is 9.59 Å². The Labute approximate surface area is 110 Å². The van der Waals surface area contributed by atoms with Crippen LogP contribution in [0.25, 0.3) is 0 Å². The molecule has 1 atom stereocenters. The van der Waals surface area contributed by atoms with Gasteiger partial charge in [0, 0.05) is 18.8 Å². The predicted octanol–water partition coefficient (Wildman–Crippen LogP) is 0.0830. The van der Waals surface area contributed by atoms with Crippen LogP contribution in [0.1, 0.15) is 11.7 Å². The van der Waals surface area contributed by atoms with Crippen LogP contribution in [0.15, 0.2) is 24.3 Å². The molecule has 0 aliphatic carbocycles. The van der Waals surface area contributed by atoms with Crippen molar-refractivity contribution in [2.75, 3.05) is 31.6 Å². The van der Waals surface area contributed by atoms with Gasteiger partial charge in [-0.2, -0.15) is 0 Å². The quantitative estimate of drug-likeness (QED) is 0.808. The highest BCUT2D eigenvalue weighted by molar-refractivity contribution is 5.95. The summed E-state index contributed by atoms with van der Waals surface area (Å²) >= 11 is 0. The Morgan fingerprint density at radius 2 is 2.11 bits per heavy atom. The zero-order valence-electron chi connectivity index (χ0n) is 10.6. The molecule has 1 fully saturated rings. The molecule has 1 aliphatic rings. The van der Waals surface area contributed by atoms with Gasteiger partial charge >= 0.3 is 5.97 Å². The third-order valence-electron chi connectivity index (χ3n) is 3.14. The monoisotopic (exact) mass is 264 g/mol. The van der Waals surface area contributed by atoms with E-state index in [1.807, 2.05) is 11.9 Å². The number of benzene rings is 1. The number of amides is 1. The predicted molar refractivity (Wildman–Crippen MR) is 68.9 cm³/mol. The molecule has 19 heavy (non-hydrogen) atoms. The number of hydrogen-bond acceptors (Lipinski definition) is 4. The SMILES string of the molecule is CN1CCN(c2cccc(C(O)C(=O)O)c2)C(=O)C1. The largest absolute Gasteiger partial charge is 0.479 e. The number of hydrogen-bond donors (Lipinski definition) is 2. The molecule has 1 heterocycles. The summed E-state index contributed by atoms with van der Waals surface area (Å²) in [6.07, 6.45) is -1.57. The Hall–Kier alpha value is -1.92. The fraction of sp³-hybridized carbons (Fsp3) is 0.385. The summed E-state index contributed by atoms with van der Waals surface area (Å²) in [7, 11) is 1.87. The van der Waals surface area contributed by atoms with E-state index in [9.17, 15) is 14.7 Å². The zero-order valence-corrected chi connectivity index (χ0v) is 10.6. The summed E-state index contributed by atoms with van der Waals surface area (Å²) in [6, 6.07) is 6.45. The number of carbonyl (C=O) groups excluding carboxylic acids is 1. The number of anilines is 1. The van der Waals surface area contributed by atoms with E-state index in [1.54, 1.807) is 23.1 Å². The van der Waals surface area contributed by atoms with Crippen LogP contribution < -0.4 is 4.90 Å². The normalized spacial score (nSPS) is 18.4. The van der Waals surface area contributed by atoms with E-state index in [4.69, 9.17) is 5.11 Å². The molecule has 6 nitrogen and oxygen atoms in total. The van der Waals surface area contributed by atoms with Crippen LogP contribution >= 0.6 is 0 Å². The molecule has 1 saturated heterocycles. The molecule has 6 heteroatoms.